The molecule has 112 valence electrons. The maximum absolute atomic E-state index is 12.6. The molecule has 0 aromatic carbocycles. The van der Waals surface area contributed by atoms with Crippen LogP contribution in [0.5, 0.6) is 0 Å². The zero-order chi connectivity index (χ0) is 15.0. The van der Waals surface area contributed by atoms with E-state index in [1.165, 1.54) is 0 Å². The van der Waals surface area contributed by atoms with Gasteiger partial charge in [0.05, 0.1) is 24.4 Å². The van der Waals surface area contributed by atoms with Crippen molar-refractivity contribution in [2.75, 3.05) is 19.7 Å². The van der Waals surface area contributed by atoms with Crippen molar-refractivity contribution in [1.82, 2.24) is 24.6 Å². The third-order valence-corrected chi connectivity index (χ3v) is 3.63. The minimum absolute atomic E-state index is 0.00261. The van der Waals surface area contributed by atoms with Crippen molar-refractivity contribution in [2.24, 2.45) is 7.05 Å². The highest BCUT2D eigenvalue weighted by Gasteiger charge is 2.29. The molecule has 1 unspecified atom stereocenters. The van der Waals surface area contributed by atoms with Crippen molar-refractivity contribution in [3.8, 4) is 0 Å². The average Bonchev–Trinajstić information content (AvgIpc) is 3.04. The van der Waals surface area contributed by atoms with Gasteiger partial charge in [0.1, 0.15) is 11.9 Å². The molecule has 1 atom stereocenters. The fourth-order valence-corrected chi connectivity index (χ4v) is 2.58. The molecule has 7 nitrogen and oxygen atoms in total. The lowest BCUT2D eigenvalue weighted by Gasteiger charge is -2.32. The van der Waals surface area contributed by atoms with E-state index < -0.39 is 0 Å². The van der Waals surface area contributed by atoms with Crippen molar-refractivity contribution in [3.05, 3.63) is 35.2 Å². The number of carbonyl (C=O) groups is 1. The second kappa shape index (κ2) is 5.33. The van der Waals surface area contributed by atoms with Crippen LogP contribution in [-0.2, 0) is 11.8 Å². The van der Waals surface area contributed by atoms with Crippen LogP contribution in [0.25, 0.3) is 0 Å². The van der Waals surface area contributed by atoms with E-state index in [1.807, 2.05) is 20.9 Å². The van der Waals surface area contributed by atoms with Crippen LogP contribution in [0, 0.1) is 13.8 Å². The Balaban J connectivity index is 1.77. The molecule has 0 spiro atoms. The maximum Gasteiger partial charge on any atom is 0.257 e. The molecule has 7 heteroatoms. The highest BCUT2D eigenvalue weighted by molar-refractivity contribution is 5.95. The fraction of sp³-hybridized carbons (Fsp3) is 0.500. The van der Waals surface area contributed by atoms with Gasteiger partial charge in [-0.1, -0.05) is 0 Å². The van der Waals surface area contributed by atoms with Crippen molar-refractivity contribution in [2.45, 2.75) is 20.0 Å². The first-order chi connectivity index (χ1) is 10.0. The zero-order valence-electron chi connectivity index (χ0n) is 12.5. The van der Waals surface area contributed by atoms with E-state index in [-0.39, 0.29) is 12.0 Å². The molecule has 1 saturated heterocycles. The monoisotopic (exact) mass is 289 g/mol. The van der Waals surface area contributed by atoms with Crippen molar-refractivity contribution in [1.29, 1.82) is 0 Å². The molecule has 0 aliphatic carbocycles. The van der Waals surface area contributed by atoms with Gasteiger partial charge in [-0.3, -0.25) is 9.48 Å². The number of amides is 1. The summed E-state index contributed by atoms with van der Waals surface area (Å²) in [4.78, 5) is 21.9. The normalized spacial score (nSPS) is 19.0. The Bertz CT molecular complexity index is 660. The summed E-state index contributed by atoms with van der Waals surface area (Å²) in [6.45, 7) is 5.39. The summed E-state index contributed by atoms with van der Waals surface area (Å²) < 4.78 is 7.38. The lowest BCUT2D eigenvalue weighted by atomic mass is 10.2. The number of nitrogens with zero attached hydrogens (tertiary/aromatic N) is 4. The maximum atomic E-state index is 12.6. The van der Waals surface area contributed by atoms with Gasteiger partial charge in [0.25, 0.3) is 5.91 Å². The van der Waals surface area contributed by atoms with Gasteiger partial charge >= 0.3 is 0 Å². The third-order valence-electron chi connectivity index (χ3n) is 3.63. The summed E-state index contributed by atoms with van der Waals surface area (Å²) in [7, 11) is 1.82. The Hall–Kier alpha value is -2.15. The highest BCUT2D eigenvalue weighted by atomic mass is 16.5. The summed E-state index contributed by atoms with van der Waals surface area (Å²) >= 11 is 0. The van der Waals surface area contributed by atoms with Crippen LogP contribution in [0.2, 0.25) is 0 Å². The van der Waals surface area contributed by atoms with Gasteiger partial charge in [-0.05, 0) is 13.8 Å². The van der Waals surface area contributed by atoms with Crippen molar-refractivity contribution < 1.29 is 9.53 Å². The number of aryl methyl sites for hydroxylation is 3. The van der Waals surface area contributed by atoms with Crippen LogP contribution >= 0.6 is 0 Å². The Kier molecular flexibility index (Phi) is 3.50. The van der Waals surface area contributed by atoms with Crippen LogP contribution in [0.15, 0.2) is 12.4 Å². The highest BCUT2D eigenvalue weighted by Crippen LogP contribution is 2.21. The van der Waals surface area contributed by atoms with Gasteiger partial charge in [-0.25, -0.2) is 4.98 Å². The summed E-state index contributed by atoms with van der Waals surface area (Å²) in [6, 6.07) is 0. The molecular weight excluding hydrogens is 270 g/mol. The standard InChI is InChI=1S/C14H19N5O2/c1-9-6-15-13(16-9)12-8-19(4-5-21-12)14(20)11-7-18(3)17-10(11)2/h6-7,12H,4-5,8H2,1-3H3,(H,15,16). The number of H-pyrrole nitrogens is 1. The van der Waals surface area contributed by atoms with E-state index in [0.717, 1.165) is 17.2 Å². The molecule has 1 N–H and O–H groups in total. The van der Waals surface area contributed by atoms with E-state index >= 15 is 0 Å². The minimum atomic E-state index is -0.201. The van der Waals surface area contributed by atoms with E-state index in [1.54, 1.807) is 22.0 Å². The number of aromatic nitrogens is 4. The molecule has 0 bridgehead atoms. The Morgan fingerprint density at radius 2 is 2.29 bits per heavy atom. The number of nitrogens with one attached hydrogen (secondary N) is 1. The molecule has 3 rings (SSSR count). The van der Waals surface area contributed by atoms with Crippen LogP contribution in [0.1, 0.15) is 33.7 Å². The van der Waals surface area contributed by atoms with Crippen molar-refractivity contribution in [3.63, 3.8) is 0 Å². The number of ether oxygens (including phenoxy) is 1. The molecule has 0 radical (unpaired) electrons. The topological polar surface area (TPSA) is 76.0 Å². The van der Waals surface area contributed by atoms with Gasteiger partial charge in [-0.15, -0.1) is 0 Å². The average molecular weight is 289 g/mol. The molecule has 1 amide bonds. The largest absolute Gasteiger partial charge is 0.367 e. The van der Waals surface area contributed by atoms with Crippen LogP contribution < -0.4 is 0 Å². The molecule has 2 aromatic rings. The van der Waals surface area contributed by atoms with E-state index in [2.05, 4.69) is 15.1 Å². The summed E-state index contributed by atoms with van der Waals surface area (Å²) in [5, 5.41) is 4.23. The van der Waals surface area contributed by atoms with Gasteiger partial charge < -0.3 is 14.6 Å². The quantitative estimate of drug-likeness (QED) is 0.894. The SMILES string of the molecule is Cc1cnc(C2CN(C(=O)c3cn(C)nc3C)CCO2)[nH]1. The molecule has 1 fully saturated rings. The number of aromatic amines is 1. The number of hydrogen-bond acceptors (Lipinski definition) is 4. The van der Waals surface area contributed by atoms with Gasteiger partial charge in [0.15, 0.2) is 0 Å². The Labute approximate surface area is 122 Å². The first-order valence-electron chi connectivity index (χ1n) is 6.97. The number of carbonyl (C=O) groups excluding carboxylic acids is 1. The molecule has 21 heavy (non-hydrogen) atoms. The summed E-state index contributed by atoms with van der Waals surface area (Å²) in [6.07, 6.45) is 3.33. The summed E-state index contributed by atoms with van der Waals surface area (Å²) in [5.74, 6) is 0.769. The molecule has 0 saturated carbocycles. The molecule has 1 aliphatic rings. The van der Waals surface area contributed by atoms with E-state index in [4.69, 9.17) is 4.74 Å². The number of hydrogen-bond donors (Lipinski definition) is 1. The number of morpholine rings is 1. The lowest BCUT2D eigenvalue weighted by molar-refractivity contribution is -0.0265. The fourth-order valence-electron chi connectivity index (χ4n) is 2.58. The van der Waals surface area contributed by atoms with E-state index in [0.29, 0.717) is 25.3 Å². The first-order valence-corrected chi connectivity index (χ1v) is 6.97. The van der Waals surface area contributed by atoms with Gasteiger partial charge in [0.2, 0.25) is 0 Å². The molecule has 2 aromatic heterocycles. The predicted octanol–water partition coefficient (Wildman–Crippen LogP) is 0.974. The molecule has 1 aliphatic heterocycles. The second-order valence-electron chi connectivity index (χ2n) is 5.36. The number of rotatable bonds is 2. The minimum Gasteiger partial charge on any atom is -0.367 e. The lowest BCUT2D eigenvalue weighted by Crippen LogP contribution is -2.42. The van der Waals surface area contributed by atoms with Gasteiger partial charge in [0, 0.05) is 31.7 Å². The van der Waals surface area contributed by atoms with Gasteiger partial charge in [-0.2, -0.15) is 5.10 Å². The smallest absolute Gasteiger partial charge is 0.257 e. The van der Waals surface area contributed by atoms with E-state index in [9.17, 15) is 4.79 Å². The van der Waals surface area contributed by atoms with Crippen LogP contribution in [0.3, 0.4) is 0 Å². The first kappa shape index (κ1) is 13.8. The molecular formula is C14H19N5O2. The number of imidazole rings is 1. The Morgan fingerprint density at radius 3 is 2.90 bits per heavy atom. The molecule has 3 heterocycles. The van der Waals surface area contributed by atoms with Crippen molar-refractivity contribution >= 4 is 5.91 Å². The third kappa shape index (κ3) is 2.69. The summed E-state index contributed by atoms with van der Waals surface area (Å²) in [5.41, 5.74) is 2.38. The van der Waals surface area contributed by atoms with Crippen LogP contribution in [0.4, 0.5) is 0 Å². The zero-order valence-corrected chi connectivity index (χ0v) is 12.5. The second-order valence-corrected chi connectivity index (χ2v) is 5.36. The Morgan fingerprint density at radius 1 is 1.48 bits per heavy atom. The predicted molar refractivity (Wildman–Crippen MR) is 75.9 cm³/mol. The van der Waals surface area contributed by atoms with Crippen LogP contribution in [-0.4, -0.2) is 50.3 Å².